The lowest BCUT2D eigenvalue weighted by Gasteiger charge is -2.47. The number of allylic oxidation sites excluding steroid dienone is 2. The number of halogens is 4. The first-order chi connectivity index (χ1) is 17.7. The van der Waals surface area contributed by atoms with Crippen molar-refractivity contribution in [1.82, 2.24) is 9.13 Å². The van der Waals surface area contributed by atoms with Gasteiger partial charge in [-0.1, -0.05) is 48.9 Å². The summed E-state index contributed by atoms with van der Waals surface area (Å²) in [6.45, 7) is 1.03. The monoisotopic (exact) mass is 550 g/mol. The Morgan fingerprint density at radius 3 is 2.37 bits per heavy atom. The van der Waals surface area contributed by atoms with E-state index in [1.807, 2.05) is 0 Å². The molecule has 202 valence electrons. The SMILES string of the molecule is COC1C=C(c2cccc(Cl)c2)C=CC1(C(=O)O)C(C)C(O)(c1ccc2c(c1)n(C)c(=O)n2C)C(F)(F)F. The molecule has 0 aliphatic heterocycles. The Morgan fingerprint density at radius 2 is 1.79 bits per heavy atom. The van der Waals surface area contributed by atoms with E-state index in [-0.39, 0.29) is 5.52 Å². The lowest BCUT2D eigenvalue weighted by Crippen LogP contribution is -2.59. The van der Waals surface area contributed by atoms with Crippen LogP contribution in [-0.2, 0) is 29.2 Å². The molecule has 0 saturated heterocycles. The number of hydrogen-bond acceptors (Lipinski definition) is 4. The van der Waals surface area contributed by atoms with Crippen molar-refractivity contribution in [2.45, 2.75) is 24.8 Å². The van der Waals surface area contributed by atoms with Gasteiger partial charge in [-0.3, -0.25) is 13.9 Å². The number of rotatable bonds is 6. The van der Waals surface area contributed by atoms with Crippen molar-refractivity contribution < 1.29 is 32.9 Å². The largest absolute Gasteiger partial charge is 0.480 e. The van der Waals surface area contributed by atoms with Gasteiger partial charge in [-0.15, -0.1) is 0 Å². The molecule has 1 aromatic heterocycles. The lowest BCUT2D eigenvalue weighted by molar-refractivity contribution is -0.298. The fourth-order valence-electron chi connectivity index (χ4n) is 5.32. The highest BCUT2D eigenvalue weighted by Crippen LogP contribution is 2.54. The number of fused-ring (bicyclic) bond motifs is 1. The number of methoxy groups -OCH3 is 1. The van der Waals surface area contributed by atoms with Gasteiger partial charge in [-0.05, 0) is 47.0 Å². The summed E-state index contributed by atoms with van der Waals surface area (Å²) >= 11 is 6.08. The average molecular weight is 551 g/mol. The zero-order valence-corrected chi connectivity index (χ0v) is 21.7. The number of carboxylic acid groups (broad SMARTS) is 1. The second kappa shape index (κ2) is 9.44. The topological polar surface area (TPSA) is 93.7 Å². The number of hydrogen-bond donors (Lipinski definition) is 2. The first kappa shape index (κ1) is 27.7. The van der Waals surface area contributed by atoms with Gasteiger partial charge in [0.1, 0.15) is 5.41 Å². The molecule has 3 aromatic rings. The van der Waals surface area contributed by atoms with Gasteiger partial charge in [0, 0.05) is 32.1 Å². The summed E-state index contributed by atoms with van der Waals surface area (Å²) in [5.74, 6) is -3.59. The third kappa shape index (κ3) is 3.98. The Labute approximate surface area is 221 Å². The van der Waals surface area contributed by atoms with Crippen LogP contribution in [0.5, 0.6) is 0 Å². The van der Waals surface area contributed by atoms with Gasteiger partial charge in [0.25, 0.3) is 0 Å². The third-order valence-electron chi connectivity index (χ3n) is 7.61. The highest BCUT2D eigenvalue weighted by Gasteiger charge is 2.66. The first-order valence-corrected chi connectivity index (χ1v) is 12.0. The highest BCUT2D eigenvalue weighted by atomic mass is 35.5. The van der Waals surface area contributed by atoms with Crippen LogP contribution >= 0.6 is 11.6 Å². The van der Waals surface area contributed by atoms with Gasteiger partial charge in [0.05, 0.1) is 17.1 Å². The van der Waals surface area contributed by atoms with Gasteiger partial charge in [0.2, 0.25) is 0 Å². The normalized spacial score (nSPS) is 22.2. The Balaban J connectivity index is 1.92. The van der Waals surface area contributed by atoms with Crippen molar-refractivity contribution in [3.8, 4) is 0 Å². The summed E-state index contributed by atoms with van der Waals surface area (Å²) < 4.78 is 52.3. The number of aryl methyl sites for hydroxylation is 2. The maximum Gasteiger partial charge on any atom is 0.421 e. The van der Waals surface area contributed by atoms with Crippen LogP contribution in [0.4, 0.5) is 13.2 Å². The predicted molar refractivity (Wildman–Crippen MR) is 137 cm³/mol. The molecule has 0 amide bonds. The Hall–Kier alpha value is -3.34. The van der Waals surface area contributed by atoms with Crippen molar-refractivity contribution in [2.75, 3.05) is 7.11 Å². The molecule has 4 rings (SSSR count). The number of aliphatic carboxylic acids is 1. The third-order valence-corrected chi connectivity index (χ3v) is 7.85. The van der Waals surface area contributed by atoms with Crippen LogP contribution in [0.15, 0.2) is 65.5 Å². The van der Waals surface area contributed by atoms with Crippen molar-refractivity contribution in [3.05, 3.63) is 87.3 Å². The molecule has 0 spiro atoms. The van der Waals surface area contributed by atoms with Crippen molar-refractivity contribution >= 4 is 34.2 Å². The van der Waals surface area contributed by atoms with Crippen molar-refractivity contribution in [1.29, 1.82) is 0 Å². The van der Waals surface area contributed by atoms with Gasteiger partial charge in [0.15, 0.2) is 5.60 Å². The van der Waals surface area contributed by atoms with E-state index in [1.54, 1.807) is 24.3 Å². The predicted octanol–water partition coefficient (Wildman–Crippen LogP) is 4.66. The van der Waals surface area contributed by atoms with Gasteiger partial charge < -0.3 is 14.9 Å². The highest BCUT2D eigenvalue weighted by molar-refractivity contribution is 6.30. The zero-order chi connectivity index (χ0) is 28.2. The quantitative estimate of drug-likeness (QED) is 0.466. The van der Waals surface area contributed by atoms with Gasteiger partial charge in [-0.25, -0.2) is 4.79 Å². The molecule has 0 saturated carbocycles. The fraction of sp³-hybridized carbons (Fsp3) is 0.333. The van der Waals surface area contributed by atoms with Crippen molar-refractivity contribution in [3.63, 3.8) is 0 Å². The molecule has 0 fully saturated rings. The molecule has 4 atom stereocenters. The fourth-order valence-corrected chi connectivity index (χ4v) is 5.51. The zero-order valence-electron chi connectivity index (χ0n) is 21.0. The smallest absolute Gasteiger partial charge is 0.421 e. The molecule has 1 aliphatic carbocycles. The maximum absolute atomic E-state index is 14.8. The summed E-state index contributed by atoms with van der Waals surface area (Å²) in [5.41, 5.74) is -5.39. The van der Waals surface area contributed by atoms with E-state index in [9.17, 15) is 33.0 Å². The minimum Gasteiger partial charge on any atom is -0.480 e. The van der Waals surface area contributed by atoms with Gasteiger partial charge >= 0.3 is 17.8 Å². The summed E-state index contributed by atoms with van der Waals surface area (Å²) in [4.78, 5) is 25.1. The van der Waals surface area contributed by atoms with Crippen LogP contribution in [0.25, 0.3) is 16.6 Å². The summed E-state index contributed by atoms with van der Waals surface area (Å²) in [7, 11) is 4.07. The molecule has 1 aliphatic rings. The van der Waals surface area contributed by atoms with E-state index >= 15 is 0 Å². The van der Waals surface area contributed by atoms with Crippen molar-refractivity contribution in [2.24, 2.45) is 25.4 Å². The standard InChI is InChI=1S/C27H26ClF3N2O5/c1-15(25(23(34)35)11-10-17(13-22(25)38-4)16-6-5-7-19(28)12-16)26(37,27(29,30)31)18-8-9-20-21(14-18)33(3)24(36)32(20)2/h5-15,22,37H,1-4H3,(H,34,35). The van der Waals surface area contributed by atoms with Crippen LogP contribution in [0.1, 0.15) is 18.1 Å². The molecular weight excluding hydrogens is 525 g/mol. The second-order valence-corrected chi connectivity index (χ2v) is 9.89. The number of aliphatic hydroxyl groups is 1. The van der Waals surface area contributed by atoms with Gasteiger partial charge in [-0.2, -0.15) is 13.2 Å². The molecule has 0 radical (unpaired) electrons. The van der Waals surface area contributed by atoms with Crippen LogP contribution in [0, 0.1) is 11.3 Å². The Bertz CT molecular complexity index is 1540. The molecule has 2 aromatic carbocycles. The molecule has 4 unspecified atom stereocenters. The number of ether oxygens (including phenoxy) is 1. The Morgan fingerprint density at radius 1 is 1.13 bits per heavy atom. The minimum absolute atomic E-state index is 0.153. The van der Waals surface area contributed by atoms with E-state index < -0.39 is 46.4 Å². The number of alkyl halides is 3. The number of aromatic nitrogens is 2. The molecule has 38 heavy (non-hydrogen) atoms. The van der Waals surface area contributed by atoms with E-state index in [0.29, 0.717) is 21.7 Å². The number of nitrogens with zero attached hydrogens (tertiary/aromatic N) is 2. The number of carbonyl (C=O) groups is 1. The Kier molecular flexibility index (Phi) is 6.88. The second-order valence-electron chi connectivity index (χ2n) is 9.45. The molecule has 11 heteroatoms. The lowest BCUT2D eigenvalue weighted by atomic mass is 9.61. The molecular formula is C27H26ClF3N2O5. The van der Waals surface area contributed by atoms with Crippen LogP contribution in [0.3, 0.4) is 0 Å². The van der Waals surface area contributed by atoms with Crippen LogP contribution in [-0.4, -0.2) is 44.7 Å². The average Bonchev–Trinajstić information content (AvgIpc) is 3.09. The molecule has 2 N–H and O–H groups in total. The number of benzene rings is 2. The summed E-state index contributed by atoms with van der Waals surface area (Å²) in [6.07, 6.45) is -2.73. The van der Waals surface area contributed by atoms with E-state index in [4.69, 9.17) is 16.3 Å². The summed E-state index contributed by atoms with van der Waals surface area (Å²) in [5, 5.41) is 22.3. The van der Waals surface area contributed by atoms with Crippen LogP contribution < -0.4 is 5.69 Å². The number of carboxylic acids is 1. The molecule has 1 heterocycles. The van der Waals surface area contributed by atoms with E-state index in [1.165, 1.54) is 44.0 Å². The number of imidazole rings is 1. The maximum atomic E-state index is 14.8. The minimum atomic E-state index is -5.29. The summed E-state index contributed by atoms with van der Waals surface area (Å²) in [6, 6.07) is 10.1. The van der Waals surface area contributed by atoms with Crippen LogP contribution in [0.2, 0.25) is 5.02 Å². The van der Waals surface area contributed by atoms with E-state index in [0.717, 1.165) is 29.7 Å². The first-order valence-electron chi connectivity index (χ1n) is 11.6. The van der Waals surface area contributed by atoms with E-state index in [2.05, 4.69) is 0 Å². The molecule has 7 nitrogen and oxygen atoms in total. The molecule has 0 bridgehead atoms.